The van der Waals surface area contributed by atoms with Gasteiger partial charge in [-0.3, -0.25) is 4.79 Å². The molecular formula is C26H33Cl3O6S. The van der Waals surface area contributed by atoms with Gasteiger partial charge in [0.25, 0.3) is 0 Å². The summed E-state index contributed by atoms with van der Waals surface area (Å²) in [4.78, 5) is 11.2. The van der Waals surface area contributed by atoms with E-state index in [4.69, 9.17) is 49.0 Å². The van der Waals surface area contributed by atoms with E-state index in [0.29, 0.717) is 28.2 Å². The number of ether oxygens (including phenoxy) is 3. The molecule has 200 valence electrons. The number of sulfone groups is 1. The molecule has 36 heavy (non-hydrogen) atoms. The van der Waals surface area contributed by atoms with Crippen LogP contribution in [0, 0.1) is 5.92 Å². The van der Waals surface area contributed by atoms with Crippen molar-refractivity contribution in [3.63, 3.8) is 0 Å². The van der Waals surface area contributed by atoms with Crippen LogP contribution in [0.4, 0.5) is 0 Å². The molecule has 0 spiro atoms. The SMILES string of the molecule is CCS(=O)(=O)CC(C)COc1ccc(C(C)(C)c2cc(Cl)c(OCC(CCl)OC(C)=O)c(Cl)c2)cc1. The highest BCUT2D eigenvalue weighted by Crippen LogP contribution is 2.40. The Morgan fingerprint density at radius 1 is 1.00 bits per heavy atom. The summed E-state index contributed by atoms with van der Waals surface area (Å²) in [6.07, 6.45) is -0.618. The lowest BCUT2D eigenvalue weighted by Crippen LogP contribution is -2.26. The summed E-state index contributed by atoms with van der Waals surface area (Å²) in [6, 6.07) is 11.2. The average Bonchev–Trinajstić information content (AvgIpc) is 2.81. The molecule has 0 amide bonds. The van der Waals surface area contributed by atoms with Crippen LogP contribution in [0.15, 0.2) is 36.4 Å². The van der Waals surface area contributed by atoms with Gasteiger partial charge in [-0.15, -0.1) is 11.6 Å². The van der Waals surface area contributed by atoms with Crippen LogP contribution in [-0.2, 0) is 24.8 Å². The van der Waals surface area contributed by atoms with Crippen LogP contribution in [0.2, 0.25) is 10.0 Å². The molecule has 0 saturated carbocycles. The van der Waals surface area contributed by atoms with Crippen molar-refractivity contribution >= 4 is 50.6 Å². The number of carbonyl (C=O) groups excluding carboxylic acids is 1. The summed E-state index contributed by atoms with van der Waals surface area (Å²) < 4.78 is 40.2. The number of hydrogen-bond donors (Lipinski definition) is 0. The minimum absolute atomic E-state index is 0.0235. The lowest BCUT2D eigenvalue weighted by Gasteiger charge is -2.27. The fraction of sp³-hybridized carbons (Fsp3) is 0.500. The van der Waals surface area contributed by atoms with Crippen molar-refractivity contribution in [2.24, 2.45) is 5.92 Å². The summed E-state index contributed by atoms with van der Waals surface area (Å²) in [5, 5.41) is 0.662. The predicted molar refractivity (Wildman–Crippen MR) is 146 cm³/mol. The topological polar surface area (TPSA) is 78.9 Å². The third kappa shape index (κ3) is 8.72. The summed E-state index contributed by atoms with van der Waals surface area (Å²) in [5.41, 5.74) is 1.45. The lowest BCUT2D eigenvalue weighted by atomic mass is 9.78. The van der Waals surface area contributed by atoms with E-state index < -0.39 is 27.3 Å². The van der Waals surface area contributed by atoms with Gasteiger partial charge in [0.2, 0.25) is 0 Å². The van der Waals surface area contributed by atoms with Crippen LogP contribution < -0.4 is 9.47 Å². The number of hydrogen-bond acceptors (Lipinski definition) is 6. The van der Waals surface area contributed by atoms with Gasteiger partial charge >= 0.3 is 5.97 Å². The van der Waals surface area contributed by atoms with Crippen molar-refractivity contribution in [2.45, 2.75) is 46.1 Å². The Bertz CT molecular complexity index is 1110. The fourth-order valence-electron chi connectivity index (χ4n) is 3.55. The summed E-state index contributed by atoms with van der Waals surface area (Å²) in [5.74, 6) is 0.714. The van der Waals surface area contributed by atoms with E-state index in [0.717, 1.165) is 11.1 Å². The van der Waals surface area contributed by atoms with Crippen molar-refractivity contribution in [3.8, 4) is 11.5 Å². The first kappa shape index (κ1) is 30.6. The first-order valence-electron chi connectivity index (χ1n) is 11.6. The first-order chi connectivity index (χ1) is 16.8. The van der Waals surface area contributed by atoms with Gasteiger partial charge < -0.3 is 14.2 Å². The van der Waals surface area contributed by atoms with E-state index in [9.17, 15) is 13.2 Å². The average molecular weight is 580 g/mol. The minimum Gasteiger partial charge on any atom is -0.493 e. The number of benzene rings is 2. The van der Waals surface area contributed by atoms with Crippen molar-refractivity contribution < 1.29 is 27.4 Å². The molecule has 6 nitrogen and oxygen atoms in total. The summed E-state index contributed by atoms with van der Waals surface area (Å²) >= 11 is 18.8. The molecule has 2 atom stereocenters. The number of halogens is 3. The number of esters is 1. The second-order valence-corrected chi connectivity index (χ2v) is 12.8. The molecule has 2 rings (SSSR count). The maximum Gasteiger partial charge on any atom is 0.303 e. The molecule has 0 N–H and O–H groups in total. The molecule has 2 aromatic rings. The first-order valence-corrected chi connectivity index (χ1v) is 14.7. The highest BCUT2D eigenvalue weighted by molar-refractivity contribution is 7.91. The molecule has 0 aliphatic heterocycles. The highest BCUT2D eigenvalue weighted by Gasteiger charge is 2.26. The molecule has 0 aliphatic carbocycles. The van der Waals surface area contributed by atoms with Crippen LogP contribution in [0.25, 0.3) is 0 Å². The van der Waals surface area contributed by atoms with Crippen LogP contribution in [0.1, 0.15) is 45.7 Å². The number of rotatable bonds is 13. The van der Waals surface area contributed by atoms with Gasteiger partial charge in [0.1, 0.15) is 28.3 Å². The van der Waals surface area contributed by atoms with E-state index >= 15 is 0 Å². The quantitative estimate of drug-likeness (QED) is 0.204. The molecule has 0 aromatic heterocycles. The van der Waals surface area contributed by atoms with E-state index in [1.807, 2.05) is 45.0 Å². The van der Waals surface area contributed by atoms with E-state index in [1.54, 1.807) is 19.1 Å². The molecular weight excluding hydrogens is 547 g/mol. The molecule has 0 saturated heterocycles. The highest BCUT2D eigenvalue weighted by atomic mass is 35.5. The second kappa shape index (κ2) is 13.2. The monoisotopic (exact) mass is 578 g/mol. The van der Waals surface area contributed by atoms with Gasteiger partial charge in [-0.2, -0.15) is 0 Å². The third-order valence-corrected chi connectivity index (χ3v) is 8.59. The largest absolute Gasteiger partial charge is 0.493 e. The predicted octanol–water partition coefficient (Wildman–Crippen LogP) is 6.32. The fourth-order valence-corrected chi connectivity index (χ4v) is 5.50. The van der Waals surface area contributed by atoms with Gasteiger partial charge in [-0.1, -0.05) is 63.0 Å². The Labute approximate surface area is 229 Å². The Morgan fingerprint density at radius 3 is 2.08 bits per heavy atom. The molecule has 0 aliphatic rings. The molecule has 10 heteroatoms. The van der Waals surface area contributed by atoms with Gasteiger partial charge in [0.15, 0.2) is 5.75 Å². The Kier molecular flexibility index (Phi) is 11.2. The Hall–Kier alpha value is -1.67. The van der Waals surface area contributed by atoms with E-state index in [2.05, 4.69) is 0 Å². The zero-order valence-electron chi connectivity index (χ0n) is 21.1. The molecule has 2 unspecified atom stereocenters. The maximum absolute atomic E-state index is 11.8. The minimum atomic E-state index is -3.04. The normalized spacial score (nSPS) is 13.7. The lowest BCUT2D eigenvalue weighted by molar-refractivity contribution is -0.146. The van der Waals surface area contributed by atoms with Crippen molar-refractivity contribution in [3.05, 3.63) is 57.6 Å². The molecule has 0 heterocycles. The van der Waals surface area contributed by atoms with Crippen LogP contribution in [-0.4, -0.2) is 51.1 Å². The standard InChI is InChI=1S/C26H33Cl3O6S/c1-6-36(31,32)16-17(2)14-33-21-9-7-19(8-10-21)26(4,5)20-11-23(28)25(24(29)12-20)34-15-22(13-27)35-18(3)30/h7-12,17,22H,6,13-16H2,1-5H3. The second-order valence-electron chi connectivity index (χ2n) is 9.23. The van der Waals surface area contributed by atoms with Gasteiger partial charge in [-0.25, -0.2) is 8.42 Å². The molecule has 2 aromatic carbocycles. The number of carbonyl (C=O) groups is 1. The van der Waals surface area contributed by atoms with Crippen LogP contribution in [0.5, 0.6) is 11.5 Å². The molecule has 0 bridgehead atoms. The maximum atomic E-state index is 11.8. The van der Waals surface area contributed by atoms with Crippen molar-refractivity contribution in [1.29, 1.82) is 0 Å². The zero-order chi connectivity index (χ0) is 27.1. The third-order valence-electron chi connectivity index (χ3n) is 5.73. The van der Waals surface area contributed by atoms with Gasteiger partial charge in [-0.05, 0) is 35.4 Å². The smallest absolute Gasteiger partial charge is 0.303 e. The van der Waals surface area contributed by atoms with Crippen molar-refractivity contribution in [1.82, 2.24) is 0 Å². The van der Waals surface area contributed by atoms with Crippen LogP contribution in [0.3, 0.4) is 0 Å². The van der Waals surface area contributed by atoms with Gasteiger partial charge in [0, 0.05) is 24.0 Å². The van der Waals surface area contributed by atoms with Crippen molar-refractivity contribution in [2.75, 3.05) is 30.6 Å². The number of alkyl halides is 1. The summed E-state index contributed by atoms with van der Waals surface area (Å²) in [7, 11) is -3.04. The molecule has 0 radical (unpaired) electrons. The van der Waals surface area contributed by atoms with Crippen LogP contribution >= 0.6 is 34.8 Å². The Balaban J connectivity index is 2.11. The zero-order valence-corrected chi connectivity index (χ0v) is 24.2. The van der Waals surface area contributed by atoms with Gasteiger partial charge in [0.05, 0.1) is 28.3 Å². The van der Waals surface area contributed by atoms with E-state index in [-0.39, 0.29) is 29.9 Å². The van der Waals surface area contributed by atoms with E-state index in [1.165, 1.54) is 6.92 Å². The summed E-state index contributed by atoms with van der Waals surface area (Å²) in [6.45, 7) is 9.24. The molecule has 0 fully saturated rings. The Morgan fingerprint density at radius 2 is 1.58 bits per heavy atom.